The summed E-state index contributed by atoms with van der Waals surface area (Å²) in [4.78, 5) is 28.3. The van der Waals surface area contributed by atoms with E-state index in [0.29, 0.717) is 5.95 Å². The maximum absolute atomic E-state index is 6.03. The van der Waals surface area contributed by atoms with Crippen molar-refractivity contribution in [3.05, 3.63) is 247 Å². The molecule has 7 aromatic heterocycles. The van der Waals surface area contributed by atoms with Crippen molar-refractivity contribution in [2.45, 2.75) is 6.42 Å². The molecule has 0 aliphatic heterocycles. The van der Waals surface area contributed by atoms with Gasteiger partial charge in [0.1, 0.15) is 16.8 Å². The van der Waals surface area contributed by atoms with Crippen molar-refractivity contribution in [1.82, 2.24) is 43.3 Å². The Bertz CT molecular complexity index is 3830. The van der Waals surface area contributed by atoms with Crippen LogP contribution in [0.5, 0.6) is 0 Å². The molecule has 3 radical (unpaired) electrons. The second-order valence-corrected chi connectivity index (χ2v) is 16.9. The highest BCUT2D eigenvalue weighted by Gasteiger charge is 2.23. The smallest absolute Gasteiger partial charge is 0.237 e. The topological polar surface area (TPSA) is 91.1 Å². The van der Waals surface area contributed by atoms with Gasteiger partial charge in [0.05, 0.1) is 39.7 Å². The highest BCUT2D eigenvalue weighted by Crippen LogP contribution is 2.37. The Morgan fingerprint density at radius 3 is 1.44 bits per heavy atom. The lowest BCUT2D eigenvalue weighted by molar-refractivity contribution is 0.972. The van der Waals surface area contributed by atoms with Crippen molar-refractivity contribution >= 4 is 53.4 Å². The van der Waals surface area contributed by atoms with Gasteiger partial charge in [0.15, 0.2) is 5.65 Å². The third kappa shape index (κ3) is 8.27. The van der Waals surface area contributed by atoms with E-state index >= 15 is 0 Å². The highest BCUT2D eigenvalue weighted by molar-refractivity contribution is 6.28. The summed E-state index contributed by atoms with van der Waals surface area (Å²) in [6, 6.07) is 73.4. The summed E-state index contributed by atoms with van der Waals surface area (Å²) in [5.41, 5.74) is 17.6. The van der Waals surface area contributed by atoms with Gasteiger partial charge in [-0.25, -0.2) is 29.9 Å². The predicted octanol–water partition coefficient (Wildman–Crippen LogP) is 13.5. The Morgan fingerprint density at radius 1 is 0.414 bits per heavy atom. The molecule has 0 bridgehead atoms. The Labute approximate surface area is 410 Å². The number of imidazole rings is 2. The molecule has 0 fully saturated rings. The quantitative estimate of drug-likeness (QED) is 0.126. The lowest BCUT2D eigenvalue weighted by Crippen LogP contribution is -2.05. The molecule has 0 N–H and O–H groups in total. The van der Waals surface area contributed by atoms with Crippen molar-refractivity contribution in [1.29, 1.82) is 0 Å². The number of fused-ring (bicyclic) bond motifs is 10. The van der Waals surface area contributed by atoms with Crippen molar-refractivity contribution in [2.24, 2.45) is 0 Å². The first-order valence-corrected chi connectivity index (χ1v) is 23.1. The van der Waals surface area contributed by atoms with E-state index in [1.54, 1.807) is 0 Å². The van der Waals surface area contributed by atoms with Gasteiger partial charge in [0.2, 0.25) is 11.2 Å². The van der Waals surface area contributed by atoms with E-state index in [1.165, 1.54) is 16.8 Å². The van der Waals surface area contributed by atoms with Gasteiger partial charge < -0.3 is 4.40 Å². The molecule has 0 saturated carbocycles. The van der Waals surface area contributed by atoms with E-state index < -0.39 is 0 Å². The second kappa shape index (κ2) is 19.0. The zero-order chi connectivity index (χ0) is 46.1. The number of para-hydroxylation sites is 1. The minimum atomic E-state index is 0. The zero-order valence-electron chi connectivity index (χ0n) is 37.6. The summed E-state index contributed by atoms with van der Waals surface area (Å²) in [6.45, 7) is 0. The van der Waals surface area contributed by atoms with Crippen molar-refractivity contribution in [3.63, 3.8) is 0 Å². The van der Waals surface area contributed by atoms with Crippen molar-refractivity contribution < 1.29 is 0 Å². The van der Waals surface area contributed by atoms with Crippen molar-refractivity contribution in [2.75, 3.05) is 0 Å². The first kappa shape index (κ1) is 43.6. The summed E-state index contributed by atoms with van der Waals surface area (Å²) < 4.78 is 6.43. The van der Waals surface area contributed by atoms with Crippen LogP contribution in [0, 0.1) is 0 Å². The van der Waals surface area contributed by atoms with Crippen molar-refractivity contribution in [3.8, 4) is 62.2 Å². The first-order chi connectivity index (χ1) is 34.1. The predicted molar refractivity (Wildman–Crippen MR) is 283 cm³/mol. The van der Waals surface area contributed by atoms with Crippen LogP contribution in [-0.4, -0.2) is 51.7 Å². The lowest BCUT2D eigenvalue weighted by atomic mass is 10.1. The number of rotatable bonds is 5. The molecule has 1 aliphatic rings. The van der Waals surface area contributed by atoms with Gasteiger partial charge in [-0.2, -0.15) is 0 Å². The molecule has 0 saturated heterocycles. The van der Waals surface area contributed by atoms with Crippen LogP contribution in [0.2, 0.25) is 5.28 Å². The summed E-state index contributed by atoms with van der Waals surface area (Å²) in [5.74, 6) is 0.622. The molecule has 14 rings (SSSR count). The monoisotopic (exact) mass is 920 g/mol. The summed E-state index contributed by atoms with van der Waals surface area (Å²) in [5, 5.41) is 1.34. The average molecular weight is 921 g/mol. The minimum Gasteiger partial charge on any atom is -0.303 e. The zero-order valence-corrected chi connectivity index (χ0v) is 38.4. The van der Waals surface area contributed by atoms with Gasteiger partial charge in [-0.1, -0.05) is 176 Å². The second-order valence-electron chi connectivity index (χ2n) is 16.5. The molecule has 0 unspecified atom stereocenters. The van der Waals surface area contributed by atoms with Crippen LogP contribution in [0.1, 0.15) is 11.3 Å². The van der Waals surface area contributed by atoms with E-state index in [-0.39, 0.29) is 13.7 Å². The highest BCUT2D eigenvalue weighted by atomic mass is 35.5. The molecular weight excluding hydrogens is 881 g/mol. The Hall–Kier alpha value is -8.99. The summed E-state index contributed by atoms with van der Waals surface area (Å²) in [6.07, 6.45) is 5.13. The van der Waals surface area contributed by atoms with Crippen LogP contribution in [0.3, 0.4) is 0 Å². The third-order valence-electron chi connectivity index (χ3n) is 12.3. The largest absolute Gasteiger partial charge is 0.303 e. The Kier molecular flexibility index (Phi) is 11.8. The molecule has 0 amide bonds. The van der Waals surface area contributed by atoms with Gasteiger partial charge in [-0.15, -0.1) is 0 Å². The normalized spacial score (nSPS) is 11.3. The number of halogens is 1. The van der Waals surface area contributed by atoms with Crippen LogP contribution in [0.4, 0.5) is 0 Å². The van der Waals surface area contributed by atoms with Gasteiger partial charge in [-0.3, -0.25) is 8.97 Å². The fourth-order valence-corrected chi connectivity index (χ4v) is 9.24. The van der Waals surface area contributed by atoms with E-state index in [1.807, 2.05) is 146 Å². The first-order valence-electron chi connectivity index (χ1n) is 22.7. The number of hydrogen-bond donors (Lipinski definition) is 0. The maximum Gasteiger partial charge on any atom is 0.237 e. The molecule has 7 heterocycles. The molecule has 1 aliphatic carbocycles. The Balaban J connectivity index is 0.000000125. The van der Waals surface area contributed by atoms with Crippen LogP contribution < -0.4 is 0 Å². The van der Waals surface area contributed by atoms with E-state index in [9.17, 15) is 0 Å². The lowest BCUT2D eigenvalue weighted by Gasteiger charge is -2.11. The average Bonchev–Trinajstić information content (AvgIpc) is 4.18. The van der Waals surface area contributed by atoms with Crippen LogP contribution in [-0.2, 0) is 6.42 Å². The molecule has 0 atom stereocenters. The third-order valence-corrected chi connectivity index (χ3v) is 12.4. The molecular formula is C59H40BClN9. The van der Waals surface area contributed by atoms with Crippen LogP contribution >= 0.6 is 11.6 Å². The molecule has 13 aromatic rings. The van der Waals surface area contributed by atoms with Gasteiger partial charge in [0, 0.05) is 60.4 Å². The number of aromatic nitrogens is 9. The maximum atomic E-state index is 6.03. The van der Waals surface area contributed by atoms with Crippen LogP contribution in [0.15, 0.2) is 231 Å². The minimum absolute atomic E-state index is 0. The molecule has 11 heteroatoms. The number of hydrogen-bond acceptors (Lipinski definition) is 6. The summed E-state index contributed by atoms with van der Waals surface area (Å²) >= 11 is 6.03. The van der Waals surface area contributed by atoms with Crippen LogP contribution in [0.25, 0.3) is 95.6 Å². The summed E-state index contributed by atoms with van der Waals surface area (Å²) in [7, 11) is 0. The molecule has 9 nitrogen and oxygen atoms in total. The molecule has 0 spiro atoms. The standard InChI is InChI=1S/C29H19N5.C16H11ClN2.C14H10N2.B/c1-3-11-20(12-4-1)23-19-24(21-13-5-2-6-14-21)31-29(30-23)34-25-16-8-7-15-22(25)27-28(34)33-18-10-9-17-26(33)32-27;17-16-18-14(12-7-3-1-4-8-12)11-15(19-16)13-9-5-2-6-10-13;1-2-6-11-10(5-1)9-12-14(11)15-13-7-3-4-8-16(12)13;/h1-19H;1-11H;1-8H,9H2;. The molecule has 331 valence electrons. The van der Waals surface area contributed by atoms with Gasteiger partial charge >= 0.3 is 0 Å². The van der Waals surface area contributed by atoms with E-state index in [2.05, 4.69) is 108 Å². The molecule has 70 heavy (non-hydrogen) atoms. The number of nitrogens with zero attached hydrogens (tertiary/aromatic N) is 9. The number of pyridine rings is 2. The fraction of sp³-hybridized carbons (Fsp3) is 0.0169. The number of benzene rings is 6. The molecule has 6 aromatic carbocycles. The van der Waals surface area contributed by atoms with Gasteiger partial charge in [0.25, 0.3) is 0 Å². The fourth-order valence-electron chi connectivity index (χ4n) is 9.06. The van der Waals surface area contributed by atoms with Gasteiger partial charge in [-0.05, 0) is 59.6 Å². The van der Waals surface area contributed by atoms with E-state index in [4.69, 9.17) is 31.5 Å². The SMILES string of the molecule is Clc1nc(-c2ccccc2)cc(-c2ccccc2)n1.[B].c1ccc(-c2cc(-c3ccccc3)nc(-n3c4ccccc4c4nc5ccccn5c43)n2)cc1.c1ccc2c(c1)Cc1c-2nc2ccccn12. The van der Waals surface area contributed by atoms with E-state index in [0.717, 1.165) is 90.5 Å². The Morgan fingerprint density at radius 2 is 0.871 bits per heavy atom.